The maximum absolute atomic E-state index is 12.5. The number of H-pyrrole nitrogens is 2. The van der Waals surface area contributed by atoms with Crippen molar-refractivity contribution in [3.63, 3.8) is 0 Å². The Bertz CT molecular complexity index is 1950. The van der Waals surface area contributed by atoms with Crippen molar-refractivity contribution in [1.82, 2.24) is 25.1 Å². The van der Waals surface area contributed by atoms with Gasteiger partial charge in [-0.3, -0.25) is 0 Å². The van der Waals surface area contributed by atoms with Crippen LogP contribution in [-0.2, 0) is 40.3 Å². The van der Waals surface area contributed by atoms with Gasteiger partial charge in [0.15, 0.2) is 9.84 Å². The summed E-state index contributed by atoms with van der Waals surface area (Å²) in [5.74, 6) is 0.133. The van der Waals surface area contributed by atoms with Crippen LogP contribution in [0.4, 0.5) is 4.79 Å². The van der Waals surface area contributed by atoms with E-state index in [1.165, 1.54) is 52.4 Å². The van der Waals surface area contributed by atoms with Crippen LogP contribution in [-0.4, -0.2) is 93.0 Å². The summed E-state index contributed by atoms with van der Waals surface area (Å²) in [7, 11) is 3.12. The number of benzene rings is 3. The fraction of sp³-hybridized carbons (Fsp3) is 0.395. The summed E-state index contributed by atoms with van der Waals surface area (Å²) in [5.41, 5.74) is 7.26. The van der Waals surface area contributed by atoms with Crippen molar-refractivity contribution >= 4 is 37.7 Å². The molecule has 5 aromatic rings. The zero-order valence-corrected chi connectivity index (χ0v) is 29.0. The Morgan fingerprint density at radius 1 is 0.875 bits per heavy atom. The normalized spacial score (nSPS) is 18.3. The number of fused-ring (bicyclic) bond motifs is 2. The van der Waals surface area contributed by atoms with E-state index >= 15 is 0 Å². The average molecular weight is 670 g/mol. The van der Waals surface area contributed by atoms with E-state index in [0.29, 0.717) is 24.0 Å². The molecule has 48 heavy (non-hydrogen) atoms. The number of ether oxygens (including phenoxy) is 1. The lowest BCUT2D eigenvalue weighted by Crippen LogP contribution is -2.28. The molecule has 0 aliphatic carbocycles. The van der Waals surface area contributed by atoms with Crippen LogP contribution in [0.25, 0.3) is 21.8 Å². The van der Waals surface area contributed by atoms with E-state index in [2.05, 4.69) is 89.0 Å². The van der Waals surface area contributed by atoms with Gasteiger partial charge in [0.1, 0.15) is 6.61 Å². The van der Waals surface area contributed by atoms with Crippen molar-refractivity contribution in [2.75, 3.05) is 46.6 Å². The van der Waals surface area contributed by atoms with Crippen LogP contribution in [0.2, 0.25) is 0 Å². The minimum absolute atomic E-state index is 0.0825. The van der Waals surface area contributed by atoms with Crippen molar-refractivity contribution in [2.45, 2.75) is 55.5 Å². The number of carbonyl (C=O) groups is 1. The highest BCUT2D eigenvalue weighted by molar-refractivity contribution is 7.91. The number of carbonyl (C=O) groups excluding carboxylic acids is 1. The predicted molar refractivity (Wildman–Crippen MR) is 192 cm³/mol. The number of alkyl carbamates (subject to hydrolysis) is 1. The molecule has 4 heterocycles. The molecule has 3 aromatic carbocycles. The van der Waals surface area contributed by atoms with Gasteiger partial charge in [-0.2, -0.15) is 0 Å². The lowest BCUT2D eigenvalue weighted by Gasteiger charge is -2.18. The number of aryl methyl sites for hydroxylation is 1. The molecule has 0 unspecified atom stereocenters. The third-order valence-corrected chi connectivity index (χ3v) is 11.3. The maximum atomic E-state index is 12.5. The number of nitrogens with one attached hydrogen (secondary N) is 3. The first-order valence-corrected chi connectivity index (χ1v) is 18.5. The number of likely N-dealkylation sites (tertiary alicyclic amines) is 1. The summed E-state index contributed by atoms with van der Waals surface area (Å²) in [6, 6.07) is 22.1. The van der Waals surface area contributed by atoms with Gasteiger partial charge in [0.2, 0.25) is 0 Å². The van der Waals surface area contributed by atoms with Gasteiger partial charge in [-0.25, -0.2) is 13.2 Å². The van der Waals surface area contributed by atoms with Gasteiger partial charge in [-0.15, -0.1) is 0 Å². The zero-order chi connectivity index (χ0) is 33.7. The van der Waals surface area contributed by atoms with Crippen LogP contribution in [0.3, 0.4) is 0 Å². The van der Waals surface area contributed by atoms with Crippen LogP contribution < -0.4 is 5.32 Å². The molecule has 7 rings (SSSR count). The highest BCUT2D eigenvalue weighted by Gasteiger charge is 2.23. The molecule has 0 saturated carbocycles. The molecule has 2 saturated heterocycles. The second kappa shape index (κ2) is 15.0. The van der Waals surface area contributed by atoms with Crippen molar-refractivity contribution in [2.24, 2.45) is 0 Å². The Morgan fingerprint density at radius 3 is 2.23 bits per heavy atom. The Balaban J connectivity index is 0.000000173. The van der Waals surface area contributed by atoms with E-state index in [1.807, 2.05) is 12.1 Å². The standard InChI is InChI=1S/C22H26N2O2S.C16H21N3O2/c1-24-12-5-6-19(24)15-18-16-23-22-10-9-17(14-21(18)22)11-13-27(25,26)20-7-3-2-4-8-20;1-19(2)6-5-12-9-17-15-4-3-11(8-14(12)15)7-13-10-21-16(20)18-13/h2-4,7-10,14,16,19,23H,5-6,11-13,15H2,1H3;3-4,8-9,13,17H,5-7,10H2,1-2H3,(H,18,20)/t19-;13-/m10/s1. The Hall–Kier alpha value is -4.12. The quantitative estimate of drug-likeness (QED) is 0.165. The smallest absolute Gasteiger partial charge is 0.407 e. The molecule has 2 aliphatic heterocycles. The second-order valence-corrected chi connectivity index (χ2v) is 15.6. The molecule has 254 valence electrons. The van der Waals surface area contributed by atoms with Crippen LogP contribution in [0.1, 0.15) is 35.1 Å². The zero-order valence-electron chi connectivity index (χ0n) is 28.2. The molecule has 0 spiro atoms. The highest BCUT2D eigenvalue weighted by Crippen LogP contribution is 2.26. The Morgan fingerprint density at radius 2 is 1.56 bits per heavy atom. The summed E-state index contributed by atoms with van der Waals surface area (Å²) in [5, 5.41) is 5.33. The maximum Gasteiger partial charge on any atom is 0.407 e. The van der Waals surface area contributed by atoms with Crippen molar-refractivity contribution in [3.05, 3.63) is 101 Å². The predicted octanol–water partition coefficient (Wildman–Crippen LogP) is 5.74. The van der Waals surface area contributed by atoms with Crippen LogP contribution in [0.15, 0.2) is 84.0 Å². The van der Waals surface area contributed by atoms with Gasteiger partial charge in [0.05, 0.1) is 16.7 Å². The summed E-state index contributed by atoms with van der Waals surface area (Å²) in [6.07, 6.45) is 9.82. The van der Waals surface area contributed by atoms with E-state index in [9.17, 15) is 13.2 Å². The van der Waals surface area contributed by atoms with Gasteiger partial charge in [0.25, 0.3) is 0 Å². The number of sulfone groups is 1. The lowest BCUT2D eigenvalue weighted by atomic mass is 10.0. The number of aromatic nitrogens is 2. The van der Waals surface area contributed by atoms with Crippen molar-refractivity contribution in [3.8, 4) is 0 Å². The van der Waals surface area contributed by atoms with Crippen molar-refractivity contribution < 1.29 is 17.9 Å². The molecule has 1 amide bonds. The SMILES string of the molecule is CN(C)CCc1c[nH]c2ccc(C[C@H]3COC(=O)N3)cc12.CN1CCC[C@@H]1Cc1c[nH]c2ccc(CCS(=O)(=O)c3ccccc3)cc12. The lowest BCUT2D eigenvalue weighted by molar-refractivity contribution is 0.177. The van der Waals surface area contributed by atoms with Gasteiger partial charge >= 0.3 is 6.09 Å². The number of rotatable bonds is 11. The third kappa shape index (κ3) is 8.29. The Kier molecular flexibility index (Phi) is 10.5. The van der Waals surface area contributed by atoms with Crippen LogP contribution in [0, 0.1) is 0 Å². The number of aromatic amines is 2. The van der Waals surface area contributed by atoms with E-state index in [1.54, 1.807) is 24.3 Å². The molecular weight excluding hydrogens is 623 g/mol. The third-order valence-electron chi connectivity index (χ3n) is 9.60. The summed E-state index contributed by atoms with van der Waals surface area (Å²) in [4.78, 5) is 22.8. The first-order chi connectivity index (χ1) is 23.1. The molecule has 2 aliphatic rings. The number of nitrogens with zero attached hydrogens (tertiary/aromatic N) is 2. The summed E-state index contributed by atoms with van der Waals surface area (Å²) < 4.78 is 30.0. The molecule has 2 atom stereocenters. The van der Waals surface area contributed by atoms with Crippen LogP contribution in [0.5, 0.6) is 0 Å². The topological polar surface area (TPSA) is 111 Å². The van der Waals surface area contributed by atoms with E-state index < -0.39 is 9.84 Å². The van der Waals surface area contributed by atoms with Gasteiger partial charge in [-0.1, -0.05) is 30.3 Å². The monoisotopic (exact) mass is 669 g/mol. The summed E-state index contributed by atoms with van der Waals surface area (Å²) >= 11 is 0. The van der Waals surface area contributed by atoms with E-state index in [0.717, 1.165) is 36.9 Å². The number of hydrogen-bond donors (Lipinski definition) is 3. The van der Waals surface area contributed by atoms with E-state index in [-0.39, 0.29) is 17.9 Å². The highest BCUT2D eigenvalue weighted by atomic mass is 32.2. The molecule has 0 radical (unpaired) electrons. The molecule has 0 bridgehead atoms. The molecule has 9 nitrogen and oxygen atoms in total. The fourth-order valence-corrected chi connectivity index (χ4v) is 8.07. The molecule has 10 heteroatoms. The second-order valence-electron chi connectivity index (χ2n) is 13.4. The molecule has 3 N–H and O–H groups in total. The van der Waals surface area contributed by atoms with Crippen molar-refractivity contribution in [1.29, 1.82) is 0 Å². The van der Waals surface area contributed by atoms with Gasteiger partial charge in [-0.05, 0) is 125 Å². The van der Waals surface area contributed by atoms with E-state index in [4.69, 9.17) is 4.74 Å². The largest absolute Gasteiger partial charge is 0.447 e. The van der Waals surface area contributed by atoms with Crippen LogP contribution >= 0.6 is 0 Å². The average Bonchev–Trinajstić information content (AvgIpc) is 3.88. The first kappa shape index (κ1) is 33.8. The summed E-state index contributed by atoms with van der Waals surface area (Å²) in [6.45, 7) is 2.66. The Labute approximate surface area is 283 Å². The molecule has 2 aromatic heterocycles. The molecular formula is C38H47N5O4S. The number of hydrogen-bond acceptors (Lipinski definition) is 6. The van der Waals surface area contributed by atoms with Gasteiger partial charge < -0.3 is 29.8 Å². The minimum atomic E-state index is -3.25. The fourth-order valence-electron chi connectivity index (χ4n) is 6.76. The number of amides is 1. The number of cyclic esters (lactones) is 1. The van der Waals surface area contributed by atoms with Gasteiger partial charge in [0, 0.05) is 46.8 Å². The number of likely N-dealkylation sites (N-methyl/N-ethyl adjacent to an activating group) is 2. The molecule has 2 fully saturated rings. The first-order valence-electron chi connectivity index (χ1n) is 16.9. The minimum Gasteiger partial charge on any atom is -0.447 e.